The second kappa shape index (κ2) is 7.64. The van der Waals surface area contributed by atoms with E-state index in [4.69, 9.17) is 4.74 Å². The molecular formula is C21H26N4O2. The first-order chi connectivity index (χ1) is 13.2. The minimum absolute atomic E-state index is 0.106. The highest BCUT2D eigenvalue weighted by molar-refractivity contribution is 5.95. The number of aromatic nitrogens is 2. The largest absolute Gasteiger partial charge is 0.481 e. The van der Waals surface area contributed by atoms with Gasteiger partial charge in [0.25, 0.3) is 5.91 Å². The minimum Gasteiger partial charge on any atom is -0.481 e. The van der Waals surface area contributed by atoms with Crippen LogP contribution in [0.1, 0.15) is 36.5 Å². The number of rotatable bonds is 4. The fraction of sp³-hybridized carbons (Fsp3) is 0.476. The van der Waals surface area contributed by atoms with Gasteiger partial charge in [-0.25, -0.2) is 4.98 Å². The second-order valence-electron chi connectivity index (χ2n) is 7.45. The molecule has 3 heterocycles. The van der Waals surface area contributed by atoms with Gasteiger partial charge in [0.05, 0.1) is 7.11 Å². The summed E-state index contributed by atoms with van der Waals surface area (Å²) in [6.45, 7) is 5.15. The predicted octanol–water partition coefficient (Wildman–Crippen LogP) is 2.85. The average Bonchev–Trinajstić information content (AvgIpc) is 2.68. The molecule has 1 aromatic carbocycles. The number of nitrogens with zero attached hydrogens (tertiary/aromatic N) is 4. The lowest BCUT2D eigenvalue weighted by Crippen LogP contribution is -2.63. The van der Waals surface area contributed by atoms with Crippen LogP contribution in [-0.2, 0) is 0 Å². The molecule has 0 spiro atoms. The van der Waals surface area contributed by atoms with E-state index in [0.29, 0.717) is 29.4 Å². The molecule has 142 valence electrons. The van der Waals surface area contributed by atoms with E-state index in [2.05, 4.69) is 21.8 Å². The Hall–Kier alpha value is -2.47. The maximum absolute atomic E-state index is 12.7. The Bertz CT molecular complexity index is 802. The van der Waals surface area contributed by atoms with Crippen molar-refractivity contribution in [2.75, 3.05) is 26.7 Å². The van der Waals surface area contributed by atoms with Crippen LogP contribution >= 0.6 is 0 Å². The lowest BCUT2D eigenvalue weighted by atomic mass is 9.97. The molecule has 2 fully saturated rings. The molecule has 4 rings (SSSR count). The summed E-state index contributed by atoms with van der Waals surface area (Å²) in [5.74, 6) is 1.23. The number of likely N-dealkylation sites (tertiary alicyclic amines) is 2. The van der Waals surface area contributed by atoms with Crippen LogP contribution in [0.3, 0.4) is 0 Å². The number of methoxy groups -OCH3 is 1. The Morgan fingerprint density at radius 1 is 1.15 bits per heavy atom. The van der Waals surface area contributed by atoms with Crippen LogP contribution in [0.2, 0.25) is 0 Å². The highest BCUT2D eigenvalue weighted by Gasteiger charge is 2.37. The lowest BCUT2D eigenvalue weighted by Gasteiger charge is -2.49. The monoisotopic (exact) mass is 366 g/mol. The molecule has 2 aliphatic heterocycles. The molecule has 0 saturated carbocycles. The van der Waals surface area contributed by atoms with Crippen LogP contribution in [0.4, 0.5) is 0 Å². The third-order valence-electron chi connectivity index (χ3n) is 5.70. The third-order valence-corrected chi connectivity index (χ3v) is 5.70. The van der Waals surface area contributed by atoms with E-state index in [1.807, 2.05) is 29.2 Å². The normalized spacial score (nSPS) is 21.0. The van der Waals surface area contributed by atoms with E-state index >= 15 is 0 Å². The topological polar surface area (TPSA) is 58.6 Å². The van der Waals surface area contributed by atoms with Crippen LogP contribution in [0.15, 0.2) is 36.5 Å². The zero-order chi connectivity index (χ0) is 18.8. The van der Waals surface area contributed by atoms with E-state index in [1.54, 1.807) is 19.4 Å². The molecule has 0 radical (unpaired) electrons. The van der Waals surface area contributed by atoms with Crippen molar-refractivity contribution in [2.24, 2.45) is 0 Å². The summed E-state index contributed by atoms with van der Waals surface area (Å²) in [4.78, 5) is 25.9. The molecule has 2 aliphatic rings. The number of hydrogen-bond donors (Lipinski definition) is 0. The van der Waals surface area contributed by atoms with Gasteiger partial charge in [0.2, 0.25) is 5.88 Å². The van der Waals surface area contributed by atoms with Gasteiger partial charge in [-0.05, 0) is 38.4 Å². The molecule has 1 aromatic heterocycles. The van der Waals surface area contributed by atoms with E-state index < -0.39 is 0 Å². The number of ether oxygens (including phenoxy) is 1. The second-order valence-corrected chi connectivity index (χ2v) is 7.45. The number of benzene rings is 1. The summed E-state index contributed by atoms with van der Waals surface area (Å²) in [5, 5.41) is 0. The summed E-state index contributed by atoms with van der Waals surface area (Å²) in [6, 6.07) is 10.4. The number of carbonyl (C=O) groups excluding carboxylic acids is 1. The SMILES string of the molecule is COc1ccnc(-c2ccc(C(=O)N3CC(N4CCCCC4C)C3)cc2)n1. The van der Waals surface area contributed by atoms with Crippen molar-refractivity contribution in [3.05, 3.63) is 42.1 Å². The summed E-state index contributed by atoms with van der Waals surface area (Å²) in [5.41, 5.74) is 1.58. The van der Waals surface area contributed by atoms with Gasteiger partial charge in [-0.1, -0.05) is 18.6 Å². The van der Waals surface area contributed by atoms with E-state index in [-0.39, 0.29) is 5.91 Å². The molecule has 6 nitrogen and oxygen atoms in total. The van der Waals surface area contributed by atoms with Gasteiger partial charge in [0.15, 0.2) is 5.82 Å². The highest BCUT2D eigenvalue weighted by Crippen LogP contribution is 2.26. The Morgan fingerprint density at radius 3 is 2.63 bits per heavy atom. The summed E-state index contributed by atoms with van der Waals surface area (Å²) >= 11 is 0. The smallest absolute Gasteiger partial charge is 0.253 e. The number of carbonyl (C=O) groups is 1. The van der Waals surface area contributed by atoms with E-state index in [1.165, 1.54) is 25.8 Å². The van der Waals surface area contributed by atoms with E-state index in [0.717, 1.165) is 18.7 Å². The van der Waals surface area contributed by atoms with Crippen molar-refractivity contribution >= 4 is 5.91 Å². The summed E-state index contributed by atoms with van der Waals surface area (Å²) in [7, 11) is 1.58. The zero-order valence-electron chi connectivity index (χ0n) is 16.0. The molecule has 2 aromatic rings. The van der Waals surface area contributed by atoms with Crippen molar-refractivity contribution in [1.82, 2.24) is 19.8 Å². The minimum atomic E-state index is 0.106. The molecule has 27 heavy (non-hydrogen) atoms. The fourth-order valence-electron chi connectivity index (χ4n) is 4.03. The van der Waals surface area contributed by atoms with Gasteiger partial charge in [-0.15, -0.1) is 0 Å². The molecule has 0 N–H and O–H groups in total. The highest BCUT2D eigenvalue weighted by atomic mass is 16.5. The Morgan fingerprint density at radius 2 is 1.93 bits per heavy atom. The molecule has 1 unspecified atom stereocenters. The molecular weight excluding hydrogens is 340 g/mol. The maximum atomic E-state index is 12.7. The Labute approximate surface area is 160 Å². The van der Waals surface area contributed by atoms with Gasteiger partial charge < -0.3 is 9.64 Å². The first kappa shape index (κ1) is 17.9. The standard InChI is InChI=1S/C21H26N4O2/c1-15-5-3-4-12-25(15)18-13-24(14-18)21(26)17-8-6-16(7-9-17)20-22-11-10-19(23-20)27-2/h6-11,15,18H,3-5,12-14H2,1-2H3. The van der Waals surface area contributed by atoms with Crippen molar-refractivity contribution in [1.29, 1.82) is 0 Å². The molecule has 6 heteroatoms. The first-order valence-electron chi connectivity index (χ1n) is 9.68. The first-order valence-corrected chi connectivity index (χ1v) is 9.68. The average molecular weight is 366 g/mol. The van der Waals surface area contributed by atoms with Crippen LogP contribution < -0.4 is 4.74 Å². The van der Waals surface area contributed by atoms with Crippen LogP contribution in [0.5, 0.6) is 5.88 Å². The summed E-state index contributed by atoms with van der Waals surface area (Å²) < 4.78 is 5.14. The molecule has 1 atom stereocenters. The van der Waals surface area contributed by atoms with Gasteiger partial charge in [0.1, 0.15) is 0 Å². The van der Waals surface area contributed by atoms with Gasteiger partial charge in [-0.2, -0.15) is 4.98 Å². The maximum Gasteiger partial charge on any atom is 0.253 e. The van der Waals surface area contributed by atoms with Crippen molar-refractivity contribution in [2.45, 2.75) is 38.3 Å². The van der Waals surface area contributed by atoms with E-state index in [9.17, 15) is 4.79 Å². The lowest BCUT2D eigenvalue weighted by molar-refractivity contribution is 0.00213. The van der Waals surface area contributed by atoms with Crippen molar-refractivity contribution in [3.63, 3.8) is 0 Å². The Kier molecular flexibility index (Phi) is 5.07. The van der Waals surface area contributed by atoms with Gasteiger partial charge >= 0.3 is 0 Å². The third kappa shape index (κ3) is 3.67. The summed E-state index contributed by atoms with van der Waals surface area (Å²) in [6.07, 6.45) is 5.55. The quantitative estimate of drug-likeness (QED) is 0.833. The molecule has 0 bridgehead atoms. The fourth-order valence-corrected chi connectivity index (χ4v) is 4.03. The number of hydrogen-bond acceptors (Lipinski definition) is 5. The predicted molar refractivity (Wildman–Crippen MR) is 104 cm³/mol. The van der Waals surface area contributed by atoms with Crippen LogP contribution in [0, 0.1) is 0 Å². The number of amides is 1. The molecule has 1 amide bonds. The van der Waals surface area contributed by atoms with Crippen molar-refractivity contribution < 1.29 is 9.53 Å². The van der Waals surface area contributed by atoms with Crippen LogP contribution in [0.25, 0.3) is 11.4 Å². The zero-order valence-corrected chi connectivity index (χ0v) is 16.0. The number of piperidine rings is 1. The van der Waals surface area contributed by atoms with Crippen LogP contribution in [-0.4, -0.2) is 64.5 Å². The molecule has 2 saturated heterocycles. The molecule has 0 aliphatic carbocycles. The van der Waals surface area contributed by atoms with Gasteiger partial charge in [0, 0.05) is 48.6 Å². The van der Waals surface area contributed by atoms with Crippen molar-refractivity contribution in [3.8, 4) is 17.3 Å². The van der Waals surface area contributed by atoms with Gasteiger partial charge in [-0.3, -0.25) is 9.69 Å². The Balaban J connectivity index is 1.39.